The van der Waals surface area contributed by atoms with E-state index in [4.69, 9.17) is 11.6 Å². The van der Waals surface area contributed by atoms with Crippen molar-refractivity contribution in [3.63, 3.8) is 0 Å². The number of nitrogens with zero attached hydrogens (tertiary/aromatic N) is 1. The van der Waals surface area contributed by atoms with Gasteiger partial charge < -0.3 is 4.57 Å². The first kappa shape index (κ1) is 12.9. The fraction of sp³-hybridized carbons (Fsp3) is 0.118. The third-order valence-electron chi connectivity index (χ3n) is 3.65. The summed E-state index contributed by atoms with van der Waals surface area (Å²) < 4.78 is 1.69. The predicted molar refractivity (Wildman–Crippen MR) is 84.4 cm³/mol. The first-order chi connectivity index (χ1) is 9.59. The molecule has 3 rings (SSSR count). The summed E-state index contributed by atoms with van der Waals surface area (Å²) in [6.45, 7) is 1.87. The minimum Gasteiger partial charge on any atom is -0.311 e. The Bertz CT molecular complexity index is 864. The minimum atomic E-state index is 0.0266. The molecule has 0 saturated carbocycles. The van der Waals surface area contributed by atoms with Crippen molar-refractivity contribution in [1.29, 1.82) is 0 Å². The SMILES string of the molecule is Cc1c(-c2cccc(Cl)c2)c2ccccc2n(C)c1=O. The lowest BCUT2D eigenvalue weighted by Gasteiger charge is -2.14. The maximum Gasteiger partial charge on any atom is 0.254 e. The molecule has 3 aromatic rings. The van der Waals surface area contributed by atoms with E-state index in [0.717, 1.165) is 27.6 Å². The summed E-state index contributed by atoms with van der Waals surface area (Å²) in [6.07, 6.45) is 0. The largest absolute Gasteiger partial charge is 0.311 e. The number of benzene rings is 2. The Labute approximate surface area is 122 Å². The highest BCUT2D eigenvalue weighted by Crippen LogP contribution is 2.31. The van der Waals surface area contributed by atoms with Gasteiger partial charge in [-0.25, -0.2) is 0 Å². The molecule has 0 fully saturated rings. The van der Waals surface area contributed by atoms with Gasteiger partial charge in [0.05, 0.1) is 5.52 Å². The predicted octanol–water partition coefficient (Wildman–Crippen LogP) is 4.17. The lowest BCUT2D eigenvalue weighted by Crippen LogP contribution is -2.20. The molecule has 0 aliphatic rings. The highest BCUT2D eigenvalue weighted by Gasteiger charge is 2.13. The number of halogens is 1. The van der Waals surface area contributed by atoms with Gasteiger partial charge in [-0.3, -0.25) is 4.79 Å². The molecule has 20 heavy (non-hydrogen) atoms. The van der Waals surface area contributed by atoms with Crippen molar-refractivity contribution >= 4 is 22.5 Å². The molecule has 0 unspecified atom stereocenters. The number of hydrogen-bond acceptors (Lipinski definition) is 1. The summed E-state index contributed by atoms with van der Waals surface area (Å²) in [5, 5.41) is 1.74. The maximum absolute atomic E-state index is 12.4. The van der Waals surface area contributed by atoms with Crippen LogP contribution in [0.1, 0.15) is 5.56 Å². The third-order valence-corrected chi connectivity index (χ3v) is 3.88. The van der Waals surface area contributed by atoms with Crippen molar-refractivity contribution < 1.29 is 0 Å². The molecule has 3 heteroatoms. The molecule has 0 N–H and O–H groups in total. The van der Waals surface area contributed by atoms with E-state index in [1.807, 2.05) is 55.5 Å². The number of aryl methyl sites for hydroxylation is 1. The van der Waals surface area contributed by atoms with E-state index in [-0.39, 0.29) is 5.56 Å². The van der Waals surface area contributed by atoms with Gasteiger partial charge in [0.15, 0.2) is 0 Å². The number of fused-ring (bicyclic) bond motifs is 1. The van der Waals surface area contributed by atoms with Gasteiger partial charge in [0, 0.05) is 23.0 Å². The van der Waals surface area contributed by atoms with E-state index < -0.39 is 0 Å². The first-order valence-corrected chi connectivity index (χ1v) is 6.81. The molecule has 100 valence electrons. The zero-order valence-corrected chi connectivity index (χ0v) is 12.1. The molecule has 0 aliphatic carbocycles. The molecule has 2 nitrogen and oxygen atoms in total. The third kappa shape index (κ3) is 1.93. The molecular formula is C17H14ClNO. The highest BCUT2D eigenvalue weighted by atomic mass is 35.5. The van der Waals surface area contributed by atoms with Gasteiger partial charge >= 0.3 is 0 Å². The molecule has 2 aromatic carbocycles. The maximum atomic E-state index is 12.4. The zero-order chi connectivity index (χ0) is 14.3. The monoisotopic (exact) mass is 283 g/mol. The van der Waals surface area contributed by atoms with Gasteiger partial charge in [-0.15, -0.1) is 0 Å². The van der Waals surface area contributed by atoms with Crippen LogP contribution in [0, 0.1) is 6.92 Å². The van der Waals surface area contributed by atoms with Crippen molar-refractivity contribution in [3.05, 3.63) is 69.5 Å². The van der Waals surface area contributed by atoms with Crippen molar-refractivity contribution in [2.45, 2.75) is 6.92 Å². The van der Waals surface area contributed by atoms with Crippen LogP contribution < -0.4 is 5.56 Å². The van der Waals surface area contributed by atoms with E-state index in [0.29, 0.717) is 5.02 Å². The van der Waals surface area contributed by atoms with Crippen LogP contribution in [0.25, 0.3) is 22.0 Å². The second-order valence-corrected chi connectivity index (χ2v) is 5.33. The van der Waals surface area contributed by atoms with E-state index >= 15 is 0 Å². The Hall–Kier alpha value is -2.06. The van der Waals surface area contributed by atoms with Crippen LogP contribution in [-0.4, -0.2) is 4.57 Å². The van der Waals surface area contributed by atoms with Crippen molar-refractivity contribution in [2.75, 3.05) is 0 Å². The van der Waals surface area contributed by atoms with E-state index in [1.165, 1.54) is 0 Å². The lowest BCUT2D eigenvalue weighted by atomic mass is 9.97. The Kier molecular flexibility index (Phi) is 3.11. The quantitative estimate of drug-likeness (QED) is 0.657. The average molecular weight is 284 g/mol. The number of hydrogen-bond donors (Lipinski definition) is 0. The molecule has 0 spiro atoms. The normalized spacial score (nSPS) is 10.9. The molecule has 0 atom stereocenters. The number of aromatic nitrogens is 1. The number of rotatable bonds is 1. The van der Waals surface area contributed by atoms with E-state index in [1.54, 1.807) is 11.6 Å². The van der Waals surface area contributed by atoms with E-state index in [2.05, 4.69) is 0 Å². The van der Waals surface area contributed by atoms with Crippen molar-refractivity contribution in [1.82, 2.24) is 4.57 Å². The van der Waals surface area contributed by atoms with Crippen LogP contribution in [0.15, 0.2) is 53.3 Å². The molecule has 0 aliphatic heterocycles. The first-order valence-electron chi connectivity index (χ1n) is 6.44. The zero-order valence-electron chi connectivity index (χ0n) is 11.4. The van der Waals surface area contributed by atoms with E-state index in [9.17, 15) is 4.79 Å². The van der Waals surface area contributed by atoms with Crippen LogP contribution in [0.3, 0.4) is 0 Å². The van der Waals surface area contributed by atoms with Crippen molar-refractivity contribution in [2.24, 2.45) is 7.05 Å². The smallest absolute Gasteiger partial charge is 0.254 e. The average Bonchev–Trinajstić information content (AvgIpc) is 2.45. The van der Waals surface area contributed by atoms with Gasteiger partial charge in [-0.05, 0) is 36.2 Å². The summed E-state index contributed by atoms with van der Waals surface area (Å²) in [5.74, 6) is 0. The van der Waals surface area contributed by atoms with Gasteiger partial charge in [-0.1, -0.05) is 41.9 Å². The summed E-state index contributed by atoms with van der Waals surface area (Å²) in [4.78, 5) is 12.4. The van der Waals surface area contributed by atoms with Crippen LogP contribution in [0.2, 0.25) is 5.02 Å². The van der Waals surface area contributed by atoms with Crippen LogP contribution >= 0.6 is 11.6 Å². The fourth-order valence-electron chi connectivity index (χ4n) is 2.66. The molecule has 0 radical (unpaired) electrons. The topological polar surface area (TPSA) is 22.0 Å². The van der Waals surface area contributed by atoms with Crippen LogP contribution in [-0.2, 0) is 7.05 Å². The standard InChI is InChI=1S/C17H14ClNO/c1-11-16(12-6-5-7-13(18)10-12)14-8-3-4-9-15(14)19(2)17(11)20/h3-10H,1-2H3. The van der Waals surface area contributed by atoms with Gasteiger partial charge in [-0.2, -0.15) is 0 Å². The fourth-order valence-corrected chi connectivity index (χ4v) is 2.85. The summed E-state index contributed by atoms with van der Waals surface area (Å²) in [6, 6.07) is 15.6. The molecule has 1 heterocycles. The number of para-hydroxylation sites is 1. The molecule has 0 amide bonds. The van der Waals surface area contributed by atoms with Gasteiger partial charge in [0.1, 0.15) is 0 Å². The van der Waals surface area contributed by atoms with Gasteiger partial charge in [0.2, 0.25) is 0 Å². The summed E-state index contributed by atoms with van der Waals surface area (Å²) in [5.41, 5.74) is 3.64. The molecule has 0 bridgehead atoms. The molecule has 1 aromatic heterocycles. The summed E-state index contributed by atoms with van der Waals surface area (Å²) in [7, 11) is 1.80. The van der Waals surface area contributed by atoms with Crippen LogP contribution in [0.5, 0.6) is 0 Å². The second kappa shape index (κ2) is 4.80. The number of pyridine rings is 1. The molecular weight excluding hydrogens is 270 g/mol. The molecule has 0 saturated heterocycles. The summed E-state index contributed by atoms with van der Waals surface area (Å²) >= 11 is 6.09. The lowest BCUT2D eigenvalue weighted by molar-refractivity contribution is 0.894. The van der Waals surface area contributed by atoms with Crippen LogP contribution in [0.4, 0.5) is 0 Å². The van der Waals surface area contributed by atoms with Gasteiger partial charge in [0.25, 0.3) is 5.56 Å². The highest BCUT2D eigenvalue weighted by molar-refractivity contribution is 6.30. The Morgan fingerprint density at radius 2 is 1.80 bits per heavy atom. The Morgan fingerprint density at radius 3 is 2.55 bits per heavy atom. The minimum absolute atomic E-state index is 0.0266. The Morgan fingerprint density at radius 1 is 1.05 bits per heavy atom. The second-order valence-electron chi connectivity index (χ2n) is 4.89. The van der Waals surface area contributed by atoms with Crippen molar-refractivity contribution in [3.8, 4) is 11.1 Å². The Balaban J connectivity index is 2.50.